The molecule has 24 heavy (non-hydrogen) atoms. The van der Waals surface area contributed by atoms with Crippen molar-refractivity contribution in [1.29, 1.82) is 0 Å². The van der Waals surface area contributed by atoms with E-state index in [1.54, 1.807) is 18.7 Å². The van der Waals surface area contributed by atoms with Crippen molar-refractivity contribution in [2.45, 2.75) is 12.5 Å². The molecule has 0 aliphatic carbocycles. The minimum absolute atomic E-state index is 0.0668. The van der Waals surface area contributed by atoms with Crippen LogP contribution in [0, 0.1) is 0 Å². The number of esters is 1. The molecule has 1 unspecified atom stereocenters. The molecule has 0 aromatic carbocycles. The number of carbonyl (C=O) groups is 1. The molecular weight excluding hydrogens is 348 g/mol. The summed E-state index contributed by atoms with van der Waals surface area (Å²) in [6.07, 6.45) is 0. The Morgan fingerprint density at radius 1 is 1.25 bits per heavy atom. The summed E-state index contributed by atoms with van der Waals surface area (Å²) in [7, 11) is 8.02. The smallest absolute Gasteiger partial charge is 0.344 e. The van der Waals surface area contributed by atoms with E-state index in [1.807, 2.05) is 28.2 Å². The zero-order valence-corrected chi connectivity index (χ0v) is 17.0. The van der Waals surface area contributed by atoms with Crippen LogP contribution in [-0.2, 0) is 14.3 Å². The molecule has 0 aromatic heterocycles. The zero-order valence-electron chi connectivity index (χ0n) is 15.3. The summed E-state index contributed by atoms with van der Waals surface area (Å²) >= 11 is 3.13. The Morgan fingerprint density at radius 3 is 2.46 bits per heavy atom. The third-order valence-corrected chi connectivity index (χ3v) is 5.79. The van der Waals surface area contributed by atoms with E-state index in [-0.39, 0.29) is 12.4 Å². The summed E-state index contributed by atoms with van der Waals surface area (Å²) in [5, 5.41) is 10.2. The zero-order chi connectivity index (χ0) is 18.2. The van der Waals surface area contributed by atoms with E-state index in [1.165, 1.54) is 11.8 Å². The molecule has 1 N–H and O–H groups in total. The first-order valence-electron chi connectivity index (χ1n) is 8.07. The van der Waals surface area contributed by atoms with Crippen molar-refractivity contribution < 1.29 is 19.4 Å². The van der Waals surface area contributed by atoms with Gasteiger partial charge in [-0.05, 0) is 35.1 Å². The quantitative estimate of drug-likeness (QED) is 0.430. The Labute approximate surface area is 153 Å². The first kappa shape index (κ1) is 21.6. The molecule has 0 saturated heterocycles. The summed E-state index contributed by atoms with van der Waals surface area (Å²) in [4.78, 5) is 17.4. The van der Waals surface area contributed by atoms with E-state index < -0.39 is 11.6 Å². The lowest BCUT2D eigenvalue weighted by molar-refractivity contribution is -0.161. The van der Waals surface area contributed by atoms with Gasteiger partial charge in [-0.3, -0.25) is 0 Å². The summed E-state index contributed by atoms with van der Waals surface area (Å²) in [6.45, 7) is 3.92. The highest BCUT2D eigenvalue weighted by Crippen LogP contribution is 2.41. The molecule has 1 rings (SSSR count). The Morgan fingerprint density at radius 2 is 1.88 bits per heavy atom. The predicted octanol–water partition coefficient (Wildman–Crippen LogP) is 1.68. The van der Waals surface area contributed by atoms with Crippen LogP contribution in [0.15, 0.2) is 10.7 Å². The van der Waals surface area contributed by atoms with E-state index in [0.29, 0.717) is 17.3 Å². The first-order valence-corrected chi connectivity index (χ1v) is 10.2. The van der Waals surface area contributed by atoms with Gasteiger partial charge >= 0.3 is 5.97 Å². The topological polar surface area (TPSA) is 62.2 Å². The van der Waals surface area contributed by atoms with Gasteiger partial charge in [-0.25, -0.2) is 4.79 Å². The second-order valence-corrected chi connectivity index (χ2v) is 8.33. The van der Waals surface area contributed by atoms with Crippen molar-refractivity contribution in [3.8, 4) is 0 Å². The minimum Gasteiger partial charge on any atom is -0.509 e. The van der Waals surface area contributed by atoms with Crippen molar-refractivity contribution in [3.05, 3.63) is 10.7 Å². The maximum Gasteiger partial charge on any atom is 0.344 e. The van der Waals surface area contributed by atoms with Crippen LogP contribution in [-0.4, -0.2) is 98.2 Å². The van der Waals surface area contributed by atoms with Gasteiger partial charge in [0, 0.05) is 30.3 Å². The largest absolute Gasteiger partial charge is 0.509 e. The van der Waals surface area contributed by atoms with Crippen LogP contribution >= 0.6 is 23.5 Å². The minimum atomic E-state index is -1.17. The third kappa shape index (κ3) is 6.15. The highest BCUT2D eigenvalue weighted by molar-refractivity contribution is 8.03. The number of carbonyl (C=O) groups excluding carboxylic acids is 1. The van der Waals surface area contributed by atoms with E-state index in [9.17, 15) is 9.90 Å². The fourth-order valence-corrected chi connectivity index (χ4v) is 4.81. The Kier molecular flexibility index (Phi) is 9.51. The number of aliphatic hydroxyl groups is 1. The van der Waals surface area contributed by atoms with Crippen molar-refractivity contribution in [2.24, 2.45) is 0 Å². The van der Waals surface area contributed by atoms with Crippen molar-refractivity contribution in [1.82, 2.24) is 9.80 Å². The number of hydrogen-bond donors (Lipinski definition) is 1. The molecule has 0 amide bonds. The number of thioether (sulfide) groups is 2. The lowest BCUT2D eigenvalue weighted by atomic mass is 10.1. The standard InChI is InChI=1S/C16H30N2O4S2/c1-6-21-15(20)16(12-23-9-7-17(2)3)14(13(19)11-22-16)24-10-8-18(4)5/h19H,6-12H2,1-5H3. The van der Waals surface area contributed by atoms with Crippen LogP contribution in [0.1, 0.15) is 6.92 Å². The molecule has 1 atom stereocenters. The first-order chi connectivity index (χ1) is 11.3. The van der Waals surface area contributed by atoms with Gasteiger partial charge in [-0.2, -0.15) is 11.8 Å². The average molecular weight is 379 g/mol. The number of aliphatic hydroxyl groups excluding tert-OH is 1. The summed E-state index contributed by atoms with van der Waals surface area (Å²) in [6, 6.07) is 0. The highest BCUT2D eigenvalue weighted by Gasteiger charge is 2.50. The molecule has 1 aliphatic rings. The molecule has 1 aliphatic heterocycles. The Balaban J connectivity index is 2.83. The van der Waals surface area contributed by atoms with E-state index in [0.717, 1.165) is 24.6 Å². The van der Waals surface area contributed by atoms with Crippen molar-refractivity contribution >= 4 is 29.5 Å². The predicted molar refractivity (Wildman–Crippen MR) is 102 cm³/mol. The molecule has 0 radical (unpaired) electrons. The van der Waals surface area contributed by atoms with Gasteiger partial charge in [0.05, 0.1) is 11.5 Å². The molecule has 0 bridgehead atoms. The molecule has 0 spiro atoms. The molecule has 0 saturated carbocycles. The van der Waals surface area contributed by atoms with Crippen LogP contribution in [0.5, 0.6) is 0 Å². The number of rotatable bonds is 11. The Hall–Kier alpha value is -0.410. The van der Waals surface area contributed by atoms with Crippen LogP contribution in [0.4, 0.5) is 0 Å². The monoisotopic (exact) mass is 378 g/mol. The van der Waals surface area contributed by atoms with Crippen LogP contribution in [0.2, 0.25) is 0 Å². The number of hydrogen-bond acceptors (Lipinski definition) is 8. The maximum atomic E-state index is 12.6. The molecular formula is C16H30N2O4S2. The maximum absolute atomic E-state index is 12.6. The molecule has 140 valence electrons. The molecule has 6 nitrogen and oxygen atoms in total. The number of nitrogens with zero attached hydrogens (tertiary/aromatic N) is 2. The van der Waals surface area contributed by atoms with Crippen LogP contribution < -0.4 is 0 Å². The summed E-state index contributed by atoms with van der Waals surface area (Å²) in [5.74, 6) is 1.86. The van der Waals surface area contributed by atoms with Gasteiger partial charge in [-0.15, -0.1) is 11.8 Å². The second kappa shape index (κ2) is 10.6. The van der Waals surface area contributed by atoms with E-state index >= 15 is 0 Å². The lowest BCUT2D eigenvalue weighted by Crippen LogP contribution is -2.44. The molecule has 8 heteroatoms. The van der Waals surface area contributed by atoms with Gasteiger partial charge in [-0.1, -0.05) is 0 Å². The average Bonchev–Trinajstić information content (AvgIpc) is 2.82. The lowest BCUT2D eigenvalue weighted by Gasteiger charge is -2.28. The SMILES string of the molecule is CCOC(=O)C1(CSCCN(C)C)OCC(O)=C1SCCN(C)C. The second-order valence-electron chi connectivity index (χ2n) is 6.12. The Bertz CT molecular complexity index is 444. The van der Waals surface area contributed by atoms with Crippen LogP contribution in [0.3, 0.4) is 0 Å². The normalized spacial score (nSPS) is 21.1. The fourth-order valence-electron chi connectivity index (χ4n) is 2.11. The highest BCUT2D eigenvalue weighted by atomic mass is 32.2. The van der Waals surface area contributed by atoms with E-state index in [4.69, 9.17) is 9.47 Å². The third-order valence-electron chi connectivity index (χ3n) is 3.46. The van der Waals surface area contributed by atoms with Crippen molar-refractivity contribution in [3.63, 3.8) is 0 Å². The molecule has 1 heterocycles. The van der Waals surface area contributed by atoms with E-state index in [2.05, 4.69) is 9.80 Å². The summed E-state index contributed by atoms with van der Waals surface area (Å²) in [5.41, 5.74) is -1.17. The van der Waals surface area contributed by atoms with Gasteiger partial charge in [0.2, 0.25) is 5.60 Å². The molecule has 0 aromatic rings. The van der Waals surface area contributed by atoms with Crippen LogP contribution in [0.25, 0.3) is 0 Å². The van der Waals surface area contributed by atoms with Gasteiger partial charge in [0.1, 0.15) is 12.4 Å². The summed E-state index contributed by atoms with van der Waals surface area (Å²) < 4.78 is 11.0. The fraction of sp³-hybridized carbons (Fsp3) is 0.812. The van der Waals surface area contributed by atoms with Crippen molar-refractivity contribution in [2.75, 3.05) is 71.8 Å². The number of ether oxygens (including phenoxy) is 2. The molecule has 0 fully saturated rings. The van der Waals surface area contributed by atoms with Gasteiger partial charge in [0.25, 0.3) is 0 Å². The van der Waals surface area contributed by atoms with Gasteiger partial charge in [0.15, 0.2) is 0 Å². The van der Waals surface area contributed by atoms with Gasteiger partial charge < -0.3 is 24.4 Å².